The number of nitrogens with zero attached hydrogens (tertiary/aromatic N) is 3. The number of likely N-dealkylation sites (N-methyl/N-ethyl adjacent to an activating group) is 1. The molecular weight excluding hydrogens is 222 g/mol. The third-order valence-corrected chi connectivity index (χ3v) is 3.28. The second kappa shape index (κ2) is 5.02. The summed E-state index contributed by atoms with van der Waals surface area (Å²) in [6, 6.07) is 4.41. The lowest BCUT2D eigenvalue weighted by atomic mass is 10.2. The van der Waals surface area contributed by atoms with Crippen LogP contribution in [-0.4, -0.2) is 42.6 Å². The van der Waals surface area contributed by atoms with Gasteiger partial charge in [0.05, 0.1) is 5.02 Å². The molecule has 0 aromatic carbocycles. The van der Waals surface area contributed by atoms with Gasteiger partial charge in [0.2, 0.25) is 0 Å². The fourth-order valence-corrected chi connectivity index (χ4v) is 2.36. The third-order valence-electron chi connectivity index (χ3n) is 3.05. The van der Waals surface area contributed by atoms with Gasteiger partial charge in [-0.25, -0.2) is 4.98 Å². The minimum atomic E-state index is 0.501. The molecule has 1 fully saturated rings. The lowest BCUT2D eigenvalue weighted by Crippen LogP contribution is -2.38. The molecule has 88 valence electrons. The summed E-state index contributed by atoms with van der Waals surface area (Å²) in [5.74, 6) is 1.03. The van der Waals surface area contributed by atoms with Gasteiger partial charge in [0, 0.05) is 25.3 Å². The van der Waals surface area contributed by atoms with Crippen LogP contribution in [0, 0.1) is 0 Å². The molecule has 4 heteroatoms. The first-order valence-corrected chi connectivity index (χ1v) is 6.11. The molecule has 2 rings (SSSR count). The smallest absolute Gasteiger partial charge is 0.128 e. The van der Waals surface area contributed by atoms with Crippen LogP contribution in [0.15, 0.2) is 18.3 Å². The molecule has 1 saturated heterocycles. The van der Waals surface area contributed by atoms with Gasteiger partial charge in [-0.05, 0) is 39.1 Å². The molecule has 0 spiro atoms. The van der Waals surface area contributed by atoms with E-state index in [9.17, 15) is 0 Å². The zero-order chi connectivity index (χ0) is 11.5. The van der Waals surface area contributed by atoms with Gasteiger partial charge in [-0.1, -0.05) is 11.6 Å². The largest absolute Gasteiger partial charge is 0.353 e. The first-order chi connectivity index (χ1) is 7.66. The zero-order valence-electron chi connectivity index (χ0n) is 9.86. The molecule has 0 saturated carbocycles. The van der Waals surface area contributed by atoms with Crippen molar-refractivity contribution in [3.8, 4) is 0 Å². The Bertz CT molecular complexity index is 339. The van der Waals surface area contributed by atoms with E-state index in [0.717, 1.165) is 25.5 Å². The van der Waals surface area contributed by atoms with Crippen LogP contribution in [0.5, 0.6) is 0 Å². The third kappa shape index (κ3) is 2.66. The van der Waals surface area contributed by atoms with Crippen LogP contribution in [0.2, 0.25) is 5.02 Å². The van der Waals surface area contributed by atoms with Gasteiger partial charge in [0.1, 0.15) is 5.82 Å². The predicted octanol–water partition coefficient (Wildman–Crippen LogP) is 2.27. The summed E-state index contributed by atoms with van der Waals surface area (Å²) < 4.78 is 0. The summed E-state index contributed by atoms with van der Waals surface area (Å²) in [6.07, 6.45) is 2.91. The molecule has 16 heavy (non-hydrogen) atoms. The van der Waals surface area contributed by atoms with Crippen LogP contribution < -0.4 is 4.90 Å². The molecule has 0 amide bonds. The summed E-state index contributed by atoms with van der Waals surface area (Å²) >= 11 is 5.85. The lowest BCUT2D eigenvalue weighted by Gasteiger charge is -2.29. The summed E-state index contributed by atoms with van der Waals surface area (Å²) in [7, 11) is 2.18. The average molecular weight is 240 g/mol. The molecule has 0 bridgehead atoms. The van der Waals surface area contributed by atoms with E-state index < -0.39 is 0 Å². The minimum absolute atomic E-state index is 0.501. The quantitative estimate of drug-likeness (QED) is 0.750. The van der Waals surface area contributed by atoms with Crippen molar-refractivity contribution in [2.75, 3.05) is 31.6 Å². The Labute approximate surface area is 102 Å². The molecule has 0 radical (unpaired) electrons. The molecule has 1 aromatic rings. The molecule has 1 unspecified atom stereocenters. The monoisotopic (exact) mass is 239 g/mol. The minimum Gasteiger partial charge on any atom is -0.353 e. The molecule has 0 aliphatic carbocycles. The first-order valence-electron chi connectivity index (χ1n) is 5.73. The Balaban J connectivity index is 2.15. The van der Waals surface area contributed by atoms with Crippen molar-refractivity contribution in [2.45, 2.75) is 19.4 Å². The van der Waals surface area contributed by atoms with E-state index in [1.807, 2.05) is 12.1 Å². The predicted molar refractivity (Wildman–Crippen MR) is 68.2 cm³/mol. The number of anilines is 1. The van der Waals surface area contributed by atoms with Crippen LogP contribution in [-0.2, 0) is 0 Å². The Kier molecular flexibility index (Phi) is 3.66. The summed E-state index contributed by atoms with van der Waals surface area (Å²) in [6.45, 7) is 5.57. The van der Waals surface area contributed by atoms with E-state index in [1.54, 1.807) is 6.20 Å². The van der Waals surface area contributed by atoms with Gasteiger partial charge >= 0.3 is 0 Å². The van der Waals surface area contributed by atoms with Gasteiger partial charge in [-0.15, -0.1) is 0 Å². The molecule has 3 nitrogen and oxygen atoms in total. The first kappa shape index (κ1) is 11.7. The van der Waals surface area contributed by atoms with Crippen molar-refractivity contribution in [1.82, 2.24) is 9.88 Å². The maximum Gasteiger partial charge on any atom is 0.128 e. The highest BCUT2D eigenvalue weighted by molar-refractivity contribution is 6.30. The fourth-order valence-electron chi connectivity index (χ4n) is 2.25. The second-order valence-electron chi connectivity index (χ2n) is 4.49. The SMILES string of the molecule is CC1CN(C)CCCN1c1ccc(Cl)cn1. The summed E-state index contributed by atoms with van der Waals surface area (Å²) in [5, 5.41) is 0.698. The normalized spacial score (nSPS) is 23.2. The van der Waals surface area contributed by atoms with Crippen molar-refractivity contribution in [3.63, 3.8) is 0 Å². The van der Waals surface area contributed by atoms with Crippen LogP contribution in [0.4, 0.5) is 5.82 Å². The Hall–Kier alpha value is -0.800. The van der Waals surface area contributed by atoms with E-state index >= 15 is 0 Å². The highest BCUT2D eigenvalue weighted by Crippen LogP contribution is 2.19. The van der Waals surface area contributed by atoms with Crippen LogP contribution in [0.3, 0.4) is 0 Å². The van der Waals surface area contributed by atoms with Gasteiger partial charge in [0.25, 0.3) is 0 Å². The summed E-state index contributed by atoms with van der Waals surface area (Å²) in [5.41, 5.74) is 0. The number of aromatic nitrogens is 1. The molecule has 1 aliphatic heterocycles. The van der Waals surface area contributed by atoms with Gasteiger partial charge in [-0.2, -0.15) is 0 Å². The number of hydrogen-bond donors (Lipinski definition) is 0. The number of hydrogen-bond acceptors (Lipinski definition) is 3. The van der Waals surface area contributed by atoms with Crippen molar-refractivity contribution < 1.29 is 0 Å². The van der Waals surface area contributed by atoms with Crippen molar-refractivity contribution >= 4 is 17.4 Å². The molecule has 1 aromatic heterocycles. The molecule has 2 heterocycles. The highest BCUT2D eigenvalue weighted by Gasteiger charge is 2.20. The van der Waals surface area contributed by atoms with E-state index in [4.69, 9.17) is 11.6 Å². The van der Waals surface area contributed by atoms with E-state index in [0.29, 0.717) is 11.1 Å². The van der Waals surface area contributed by atoms with Gasteiger partial charge < -0.3 is 9.80 Å². The number of pyridine rings is 1. The van der Waals surface area contributed by atoms with Crippen LogP contribution >= 0.6 is 11.6 Å². The maximum absolute atomic E-state index is 5.85. The van der Waals surface area contributed by atoms with Crippen molar-refractivity contribution in [2.24, 2.45) is 0 Å². The number of rotatable bonds is 1. The van der Waals surface area contributed by atoms with E-state index in [2.05, 4.69) is 28.8 Å². The second-order valence-corrected chi connectivity index (χ2v) is 4.93. The van der Waals surface area contributed by atoms with E-state index in [1.165, 1.54) is 6.42 Å². The molecule has 1 atom stereocenters. The Morgan fingerprint density at radius 1 is 1.38 bits per heavy atom. The Morgan fingerprint density at radius 3 is 2.88 bits per heavy atom. The Morgan fingerprint density at radius 2 is 2.19 bits per heavy atom. The van der Waals surface area contributed by atoms with Crippen molar-refractivity contribution in [3.05, 3.63) is 23.4 Å². The standard InChI is InChI=1S/C12H18ClN3/c1-10-9-15(2)6-3-7-16(10)12-5-4-11(13)8-14-12/h4-5,8,10H,3,6-7,9H2,1-2H3. The van der Waals surface area contributed by atoms with Crippen molar-refractivity contribution in [1.29, 1.82) is 0 Å². The number of halogens is 1. The zero-order valence-corrected chi connectivity index (χ0v) is 10.6. The topological polar surface area (TPSA) is 19.4 Å². The molecule has 0 N–H and O–H groups in total. The average Bonchev–Trinajstić information content (AvgIpc) is 2.41. The molecular formula is C12H18ClN3. The van der Waals surface area contributed by atoms with E-state index in [-0.39, 0.29) is 0 Å². The van der Waals surface area contributed by atoms with Crippen LogP contribution in [0.1, 0.15) is 13.3 Å². The van der Waals surface area contributed by atoms with Crippen LogP contribution in [0.25, 0.3) is 0 Å². The highest BCUT2D eigenvalue weighted by atomic mass is 35.5. The maximum atomic E-state index is 5.85. The molecule has 1 aliphatic rings. The fraction of sp³-hybridized carbons (Fsp3) is 0.583. The van der Waals surface area contributed by atoms with Gasteiger partial charge in [-0.3, -0.25) is 0 Å². The summed E-state index contributed by atoms with van der Waals surface area (Å²) in [4.78, 5) is 9.13. The lowest BCUT2D eigenvalue weighted by molar-refractivity contribution is 0.337. The van der Waals surface area contributed by atoms with Gasteiger partial charge in [0.15, 0.2) is 0 Å².